The van der Waals surface area contributed by atoms with Crippen LogP contribution >= 0.6 is 12.4 Å². The van der Waals surface area contributed by atoms with Gasteiger partial charge in [-0.2, -0.15) is 0 Å². The third-order valence-corrected chi connectivity index (χ3v) is 2.56. The highest BCUT2D eigenvalue weighted by atomic mass is 35.5. The predicted octanol–water partition coefficient (Wildman–Crippen LogP) is 0.930. The first kappa shape index (κ1) is 17.4. The van der Waals surface area contributed by atoms with Crippen LogP contribution in [0.4, 0.5) is 5.69 Å². The van der Waals surface area contributed by atoms with Gasteiger partial charge in [0.2, 0.25) is 11.8 Å². The molecule has 0 aliphatic carbocycles. The van der Waals surface area contributed by atoms with Crippen molar-refractivity contribution in [2.45, 2.75) is 13.3 Å². The van der Waals surface area contributed by atoms with Crippen LogP contribution in [0.5, 0.6) is 0 Å². The van der Waals surface area contributed by atoms with Crippen LogP contribution in [0.3, 0.4) is 0 Å². The molecule has 0 aliphatic rings. The van der Waals surface area contributed by atoms with E-state index >= 15 is 0 Å². The summed E-state index contributed by atoms with van der Waals surface area (Å²) < 4.78 is 0. The molecule has 1 aromatic carbocycles. The number of rotatable bonds is 6. The Bertz CT molecular complexity index is 420. The Kier molecular flexibility index (Phi) is 7.79. The number of halogens is 1. The summed E-state index contributed by atoms with van der Waals surface area (Å²) in [5, 5.41) is 5.76. The molecule has 106 valence electrons. The van der Waals surface area contributed by atoms with Crippen molar-refractivity contribution in [3.05, 3.63) is 29.8 Å². The summed E-state index contributed by atoms with van der Waals surface area (Å²) in [5.74, 6) is -0.498. The molecule has 0 saturated carbocycles. The van der Waals surface area contributed by atoms with E-state index in [1.165, 1.54) is 0 Å². The molecule has 1 atom stereocenters. The Balaban J connectivity index is 0.00000324. The van der Waals surface area contributed by atoms with Gasteiger partial charge in [-0.25, -0.2) is 0 Å². The molecule has 0 spiro atoms. The van der Waals surface area contributed by atoms with Gasteiger partial charge in [-0.15, -0.1) is 12.4 Å². The summed E-state index contributed by atoms with van der Waals surface area (Å²) >= 11 is 0. The zero-order valence-corrected chi connectivity index (χ0v) is 11.9. The molecule has 0 bridgehead atoms. The maximum atomic E-state index is 11.7. The molecule has 1 unspecified atom stereocenters. The zero-order chi connectivity index (χ0) is 13.5. The largest absolute Gasteiger partial charge is 0.369 e. The van der Waals surface area contributed by atoms with E-state index in [4.69, 9.17) is 5.73 Å². The number of hydrogen-bond donors (Lipinski definition) is 3. The summed E-state index contributed by atoms with van der Waals surface area (Å²) in [6, 6.07) is 7.09. The molecule has 1 rings (SSSR count). The van der Waals surface area contributed by atoms with E-state index in [-0.39, 0.29) is 36.6 Å². The van der Waals surface area contributed by atoms with Crippen LogP contribution in [0.2, 0.25) is 0 Å². The number of hydrogen-bond acceptors (Lipinski definition) is 3. The highest BCUT2D eigenvalue weighted by Gasteiger charge is 2.11. The summed E-state index contributed by atoms with van der Waals surface area (Å²) in [4.78, 5) is 22.5. The first-order chi connectivity index (χ1) is 8.52. The third-order valence-electron chi connectivity index (χ3n) is 2.56. The van der Waals surface area contributed by atoms with E-state index in [1.807, 2.05) is 14.0 Å². The first-order valence-corrected chi connectivity index (χ1v) is 5.85. The number of primary amides is 1. The Labute approximate surface area is 119 Å². The minimum Gasteiger partial charge on any atom is -0.369 e. The molecule has 1 aromatic rings. The topological polar surface area (TPSA) is 84.2 Å². The van der Waals surface area contributed by atoms with E-state index in [0.29, 0.717) is 6.54 Å². The van der Waals surface area contributed by atoms with Crippen molar-refractivity contribution in [2.75, 3.05) is 18.9 Å². The number of carbonyl (C=O) groups excluding carboxylic acids is 2. The molecule has 19 heavy (non-hydrogen) atoms. The van der Waals surface area contributed by atoms with Crippen LogP contribution < -0.4 is 16.4 Å². The maximum absolute atomic E-state index is 11.7. The van der Waals surface area contributed by atoms with Crippen LogP contribution in [-0.4, -0.2) is 25.4 Å². The third kappa shape index (κ3) is 6.22. The first-order valence-electron chi connectivity index (χ1n) is 5.85. The molecule has 0 heterocycles. The van der Waals surface area contributed by atoms with Gasteiger partial charge in [0.15, 0.2) is 0 Å². The van der Waals surface area contributed by atoms with E-state index in [9.17, 15) is 9.59 Å². The molecule has 6 heteroatoms. The van der Waals surface area contributed by atoms with E-state index in [2.05, 4.69) is 10.6 Å². The Morgan fingerprint density at radius 3 is 2.32 bits per heavy atom. The van der Waals surface area contributed by atoms with Gasteiger partial charge in [0.05, 0.1) is 6.42 Å². The number of carbonyl (C=O) groups is 2. The molecule has 2 amide bonds. The SMILES string of the molecule is CNCC(C)C(=O)Nc1ccc(CC(N)=O)cc1.Cl. The van der Waals surface area contributed by atoms with Gasteiger partial charge in [0.25, 0.3) is 0 Å². The standard InChI is InChI=1S/C13H19N3O2.ClH/c1-9(8-15-2)13(18)16-11-5-3-10(4-6-11)7-12(14)17;/h3-6,9,15H,7-8H2,1-2H3,(H2,14,17)(H,16,18);1H. The van der Waals surface area contributed by atoms with Gasteiger partial charge >= 0.3 is 0 Å². The van der Waals surface area contributed by atoms with Crippen LogP contribution in [0.25, 0.3) is 0 Å². The fourth-order valence-electron chi connectivity index (χ4n) is 1.57. The molecular formula is C13H20ClN3O2. The number of amides is 2. The summed E-state index contributed by atoms with van der Waals surface area (Å²) in [7, 11) is 1.81. The summed E-state index contributed by atoms with van der Waals surface area (Å²) in [5.41, 5.74) is 6.66. The molecule has 0 fully saturated rings. The van der Waals surface area contributed by atoms with E-state index in [1.54, 1.807) is 24.3 Å². The van der Waals surface area contributed by atoms with Crippen molar-refractivity contribution >= 4 is 29.9 Å². The van der Waals surface area contributed by atoms with Crippen LogP contribution in [0.1, 0.15) is 12.5 Å². The van der Waals surface area contributed by atoms with Crippen LogP contribution in [0, 0.1) is 5.92 Å². The molecule has 4 N–H and O–H groups in total. The van der Waals surface area contributed by atoms with Gasteiger partial charge in [0.1, 0.15) is 0 Å². The second-order valence-electron chi connectivity index (χ2n) is 4.29. The van der Waals surface area contributed by atoms with Crippen LogP contribution in [-0.2, 0) is 16.0 Å². The van der Waals surface area contributed by atoms with Gasteiger partial charge in [-0.1, -0.05) is 19.1 Å². The molecule has 0 saturated heterocycles. The molecule has 5 nitrogen and oxygen atoms in total. The lowest BCUT2D eigenvalue weighted by atomic mass is 10.1. The lowest BCUT2D eigenvalue weighted by Gasteiger charge is -2.11. The normalized spacial score (nSPS) is 11.3. The highest BCUT2D eigenvalue weighted by molar-refractivity contribution is 5.92. The molecule has 0 radical (unpaired) electrons. The maximum Gasteiger partial charge on any atom is 0.228 e. The predicted molar refractivity (Wildman–Crippen MR) is 78.3 cm³/mol. The summed E-state index contributed by atoms with van der Waals surface area (Å²) in [6.45, 7) is 2.49. The van der Waals surface area contributed by atoms with Crippen LogP contribution in [0.15, 0.2) is 24.3 Å². The number of anilines is 1. The van der Waals surface area contributed by atoms with E-state index < -0.39 is 0 Å². The van der Waals surface area contributed by atoms with Crippen molar-refractivity contribution in [1.82, 2.24) is 5.32 Å². The fourth-order valence-corrected chi connectivity index (χ4v) is 1.57. The lowest BCUT2D eigenvalue weighted by molar-refractivity contribution is -0.119. The quantitative estimate of drug-likeness (QED) is 0.727. The highest BCUT2D eigenvalue weighted by Crippen LogP contribution is 2.11. The number of benzene rings is 1. The van der Waals surface area contributed by atoms with Crippen molar-refractivity contribution in [3.8, 4) is 0 Å². The van der Waals surface area contributed by atoms with Gasteiger partial charge in [-0.05, 0) is 24.7 Å². The fraction of sp³-hybridized carbons (Fsp3) is 0.385. The van der Waals surface area contributed by atoms with Gasteiger partial charge < -0.3 is 16.4 Å². The summed E-state index contributed by atoms with van der Waals surface area (Å²) in [6.07, 6.45) is 0.213. The van der Waals surface area contributed by atoms with Crippen molar-refractivity contribution in [1.29, 1.82) is 0 Å². The van der Waals surface area contributed by atoms with E-state index in [0.717, 1.165) is 11.3 Å². The zero-order valence-electron chi connectivity index (χ0n) is 11.1. The van der Waals surface area contributed by atoms with Crippen molar-refractivity contribution in [3.63, 3.8) is 0 Å². The minimum atomic E-state index is -0.366. The molecule has 0 aliphatic heterocycles. The smallest absolute Gasteiger partial charge is 0.228 e. The van der Waals surface area contributed by atoms with Crippen molar-refractivity contribution in [2.24, 2.45) is 11.7 Å². The average molecular weight is 286 g/mol. The van der Waals surface area contributed by atoms with Gasteiger partial charge in [-0.3, -0.25) is 9.59 Å². The molecule has 0 aromatic heterocycles. The minimum absolute atomic E-state index is 0. The monoisotopic (exact) mass is 285 g/mol. The Hall–Kier alpha value is -1.59. The Morgan fingerprint density at radius 1 is 1.26 bits per heavy atom. The lowest BCUT2D eigenvalue weighted by Crippen LogP contribution is -2.28. The number of nitrogens with two attached hydrogens (primary N) is 1. The van der Waals surface area contributed by atoms with Gasteiger partial charge in [0, 0.05) is 18.2 Å². The number of nitrogens with one attached hydrogen (secondary N) is 2. The Morgan fingerprint density at radius 2 is 1.84 bits per heavy atom. The van der Waals surface area contributed by atoms with Crippen molar-refractivity contribution < 1.29 is 9.59 Å². The second kappa shape index (κ2) is 8.50. The molecular weight excluding hydrogens is 266 g/mol. The average Bonchev–Trinajstić information content (AvgIpc) is 2.31. The second-order valence-corrected chi connectivity index (χ2v) is 4.29.